The van der Waals surface area contributed by atoms with Gasteiger partial charge in [-0.3, -0.25) is 4.79 Å². The van der Waals surface area contributed by atoms with Gasteiger partial charge < -0.3 is 4.90 Å². The molecule has 98 valence electrons. The highest BCUT2D eigenvalue weighted by molar-refractivity contribution is 5.98. The van der Waals surface area contributed by atoms with Crippen LogP contribution >= 0.6 is 0 Å². The van der Waals surface area contributed by atoms with Gasteiger partial charge >= 0.3 is 0 Å². The monoisotopic (exact) mass is 254 g/mol. The van der Waals surface area contributed by atoms with E-state index in [0.29, 0.717) is 5.56 Å². The molecule has 0 amide bonds. The maximum absolute atomic E-state index is 11.6. The van der Waals surface area contributed by atoms with Gasteiger partial charge in [-0.1, -0.05) is 30.3 Å². The average Bonchev–Trinajstić information content (AvgIpc) is 2.46. The number of hydrogen-bond donors (Lipinski definition) is 0. The quantitative estimate of drug-likeness (QED) is 0.769. The van der Waals surface area contributed by atoms with Crippen LogP contribution < -0.4 is 4.90 Å². The molecule has 1 aromatic carbocycles. The topological polar surface area (TPSA) is 33.2 Å². The number of hydrogen-bond acceptors (Lipinski definition) is 3. The van der Waals surface area contributed by atoms with Crippen LogP contribution in [0, 0.1) is 0 Å². The van der Waals surface area contributed by atoms with Crippen molar-refractivity contribution in [2.24, 2.45) is 0 Å². The molecule has 1 heterocycles. The van der Waals surface area contributed by atoms with E-state index < -0.39 is 0 Å². The van der Waals surface area contributed by atoms with Crippen molar-refractivity contribution < 1.29 is 4.79 Å². The standard InChI is InChI=1S/C16H18N2O/c1-13(19)15-9-6-11-17-16(15)18(2)12-10-14-7-4-3-5-8-14/h3-9,11H,10,12H2,1-2H3. The van der Waals surface area contributed by atoms with E-state index in [1.165, 1.54) is 5.56 Å². The second kappa shape index (κ2) is 6.14. The smallest absolute Gasteiger partial charge is 0.163 e. The van der Waals surface area contributed by atoms with Crippen LogP contribution in [0.25, 0.3) is 0 Å². The van der Waals surface area contributed by atoms with Crippen LogP contribution in [0.5, 0.6) is 0 Å². The first-order chi connectivity index (χ1) is 9.18. The van der Waals surface area contributed by atoms with Gasteiger partial charge in [0.1, 0.15) is 5.82 Å². The number of nitrogens with zero attached hydrogens (tertiary/aromatic N) is 2. The van der Waals surface area contributed by atoms with E-state index >= 15 is 0 Å². The average molecular weight is 254 g/mol. The molecule has 2 aromatic rings. The van der Waals surface area contributed by atoms with Crippen molar-refractivity contribution in [3.63, 3.8) is 0 Å². The molecule has 19 heavy (non-hydrogen) atoms. The van der Waals surface area contributed by atoms with Gasteiger partial charge in [0, 0.05) is 19.8 Å². The second-order valence-electron chi connectivity index (χ2n) is 4.59. The highest BCUT2D eigenvalue weighted by Gasteiger charge is 2.11. The van der Waals surface area contributed by atoms with Crippen molar-refractivity contribution in [3.8, 4) is 0 Å². The Labute approximate surface area is 113 Å². The highest BCUT2D eigenvalue weighted by Crippen LogP contribution is 2.16. The van der Waals surface area contributed by atoms with E-state index in [1.54, 1.807) is 19.2 Å². The van der Waals surface area contributed by atoms with Crippen molar-refractivity contribution in [1.82, 2.24) is 4.98 Å². The fraction of sp³-hybridized carbons (Fsp3) is 0.250. The highest BCUT2D eigenvalue weighted by atomic mass is 16.1. The number of carbonyl (C=O) groups excluding carboxylic acids is 1. The van der Waals surface area contributed by atoms with E-state index in [4.69, 9.17) is 0 Å². The SMILES string of the molecule is CC(=O)c1cccnc1N(C)CCc1ccccc1. The Balaban J connectivity index is 2.08. The normalized spacial score (nSPS) is 10.2. The van der Waals surface area contributed by atoms with Crippen LogP contribution in [0.15, 0.2) is 48.7 Å². The van der Waals surface area contributed by atoms with E-state index in [9.17, 15) is 4.79 Å². The summed E-state index contributed by atoms with van der Waals surface area (Å²) in [5.74, 6) is 0.806. The second-order valence-corrected chi connectivity index (χ2v) is 4.59. The Morgan fingerprint density at radius 2 is 1.89 bits per heavy atom. The van der Waals surface area contributed by atoms with Gasteiger partial charge in [-0.25, -0.2) is 4.98 Å². The van der Waals surface area contributed by atoms with Crippen LogP contribution in [-0.2, 0) is 6.42 Å². The first-order valence-corrected chi connectivity index (χ1v) is 6.39. The lowest BCUT2D eigenvalue weighted by Gasteiger charge is -2.20. The molecule has 0 saturated heterocycles. The van der Waals surface area contributed by atoms with E-state index in [0.717, 1.165) is 18.8 Å². The van der Waals surface area contributed by atoms with Crippen molar-refractivity contribution in [2.45, 2.75) is 13.3 Å². The number of benzene rings is 1. The molecule has 0 atom stereocenters. The molecular formula is C16H18N2O. The largest absolute Gasteiger partial charge is 0.359 e. The first kappa shape index (κ1) is 13.3. The zero-order valence-electron chi connectivity index (χ0n) is 11.3. The lowest BCUT2D eigenvalue weighted by molar-refractivity contribution is 0.101. The number of rotatable bonds is 5. The van der Waals surface area contributed by atoms with Gasteiger partial charge in [-0.05, 0) is 31.0 Å². The Bertz CT molecular complexity index is 552. The summed E-state index contributed by atoms with van der Waals surface area (Å²) in [5.41, 5.74) is 1.97. The van der Waals surface area contributed by atoms with Gasteiger partial charge in [-0.15, -0.1) is 0 Å². The third kappa shape index (κ3) is 3.41. The number of Topliss-reactive ketones (excluding diaryl/α,β-unsaturated/α-hetero) is 1. The minimum absolute atomic E-state index is 0.0506. The Morgan fingerprint density at radius 1 is 1.16 bits per heavy atom. The summed E-state index contributed by atoms with van der Waals surface area (Å²) in [5, 5.41) is 0. The lowest BCUT2D eigenvalue weighted by Crippen LogP contribution is -2.23. The third-order valence-corrected chi connectivity index (χ3v) is 3.11. The Hall–Kier alpha value is -2.16. The summed E-state index contributed by atoms with van der Waals surface area (Å²) >= 11 is 0. The van der Waals surface area contributed by atoms with E-state index in [2.05, 4.69) is 17.1 Å². The van der Waals surface area contributed by atoms with Crippen LogP contribution in [0.3, 0.4) is 0 Å². The molecule has 2 rings (SSSR count). The molecule has 0 radical (unpaired) electrons. The summed E-state index contributed by atoms with van der Waals surface area (Å²) in [6.45, 7) is 2.41. The molecule has 0 spiro atoms. The minimum atomic E-state index is 0.0506. The maximum atomic E-state index is 11.6. The fourth-order valence-electron chi connectivity index (χ4n) is 2.02. The molecule has 0 unspecified atom stereocenters. The van der Waals surface area contributed by atoms with E-state index in [-0.39, 0.29) is 5.78 Å². The van der Waals surface area contributed by atoms with Crippen molar-refractivity contribution in [1.29, 1.82) is 0 Å². The fourth-order valence-corrected chi connectivity index (χ4v) is 2.02. The van der Waals surface area contributed by atoms with Gasteiger partial charge in [0.25, 0.3) is 0 Å². The molecule has 0 bridgehead atoms. The molecule has 0 N–H and O–H groups in total. The lowest BCUT2D eigenvalue weighted by atomic mass is 10.1. The summed E-state index contributed by atoms with van der Waals surface area (Å²) in [6.07, 6.45) is 2.66. The number of carbonyl (C=O) groups is 1. The third-order valence-electron chi connectivity index (χ3n) is 3.11. The number of likely N-dealkylation sites (N-methyl/N-ethyl adjacent to an activating group) is 1. The Kier molecular flexibility index (Phi) is 4.29. The molecule has 3 nitrogen and oxygen atoms in total. The summed E-state index contributed by atoms with van der Waals surface area (Å²) in [4.78, 5) is 17.9. The summed E-state index contributed by atoms with van der Waals surface area (Å²) in [7, 11) is 1.97. The molecule has 0 aliphatic rings. The van der Waals surface area contributed by atoms with Crippen LogP contribution in [0.2, 0.25) is 0 Å². The van der Waals surface area contributed by atoms with Gasteiger partial charge in [0.15, 0.2) is 5.78 Å². The van der Waals surface area contributed by atoms with Crippen LogP contribution in [0.4, 0.5) is 5.82 Å². The van der Waals surface area contributed by atoms with Gasteiger partial charge in [0.05, 0.1) is 5.56 Å². The molecule has 3 heteroatoms. The number of aromatic nitrogens is 1. The van der Waals surface area contributed by atoms with Crippen molar-refractivity contribution in [3.05, 3.63) is 59.8 Å². The molecule has 1 aromatic heterocycles. The molecule has 0 aliphatic carbocycles. The Morgan fingerprint density at radius 3 is 2.58 bits per heavy atom. The summed E-state index contributed by atoms with van der Waals surface area (Å²) < 4.78 is 0. The van der Waals surface area contributed by atoms with Gasteiger partial charge in [0.2, 0.25) is 0 Å². The summed E-state index contributed by atoms with van der Waals surface area (Å²) in [6, 6.07) is 13.9. The molecular weight excluding hydrogens is 236 g/mol. The maximum Gasteiger partial charge on any atom is 0.163 e. The molecule has 0 aliphatic heterocycles. The van der Waals surface area contributed by atoms with Crippen LogP contribution in [0.1, 0.15) is 22.8 Å². The van der Waals surface area contributed by atoms with Crippen molar-refractivity contribution >= 4 is 11.6 Å². The number of ketones is 1. The molecule has 0 saturated carbocycles. The molecule has 0 fully saturated rings. The minimum Gasteiger partial charge on any atom is -0.359 e. The zero-order valence-corrected chi connectivity index (χ0v) is 11.3. The first-order valence-electron chi connectivity index (χ1n) is 6.39. The number of pyridine rings is 1. The van der Waals surface area contributed by atoms with Crippen molar-refractivity contribution in [2.75, 3.05) is 18.5 Å². The van der Waals surface area contributed by atoms with E-state index in [1.807, 2.05) is 36.2 Å². The van der Waals surface area contributed by atoms with Gasteiger partial charge in [-0.2, -0.15) is 0 Å². The zero-order chi connectivity index (χ0) is 13.7. The number of anilines is 1. The predicted molar refractivity (Wildman–Crippen MR) is 77.7 cm³/mol. The van der Waals surface area contributed by atoms with Crippen LogP contribution in [-0.4, -0.2) is 24.4 Å². The predicted octanol–water partition coefficient (Wildman–Crippen LogP) is 2.96.